The highest BCUT2D eigenvalue weighted by Crippen LogP contribution is 2.15. The summed E-state index contributed by atoms with van der Waals surface area (Å²) in [6, 6.07) is 7.97. The quantitative estimate of drug-likeness (QED) is 0.550. The van der Waals surface area contributed by atoms with Gasteiger partial charge in [-0.2, -0.15) is 0 Å². The number of allylic oxidation sites excluding steroid dienone is 3. The van der Waals surface area contributed by atoms with Crippen molar-refractivity contribution in [2.24, 2.45) is 4.99 Å². The van der Waals surface area contributed by atoms with Gasteiger partial charge in [-0.05, 0) is 44.5 Å². The molecule has 0 spiro atoms. The summed E-state index contributed by atoms with van der Waals surface area (Å²) in [4.78, 5) is 4.16. The Morgan fingerprint density at radius 2 is 1.94 bits per heavy atom. The van der Waals surface area contributed by atoms with Crippen LogP contribution in [-0.2, 0) is 0 Å². The van der Waals surface area contributed by atoms with Crippen LogP contribution < -0.4 is 4.74 Å². The maximum absolute atomic E-state index is 5.69. The van der Waals surface area contributed by atoms with E-state index in [0.717, 1.165) is 18.1 Å². The third kappa shape index (κ3) is 4.68. The Bertz CT molecular complexity index is 413. The van der Waals surface area contributed by atoms with Gasteiger partial charge in [-0.15, -0.1) is 0 Å². The van der Waals surface area contributed by atoms with Crippen LogP contribution in [0.4, 0.5) is 0 Å². The molecule has 90 valence electrons. The molecule has 0 aliphatic carbocycles. The lowest BCUT2D eigenvalue weighted by atomic mass is 10.2. The minimum absolute atomic E-state index is 0.765. The lowest BCUT2D eigenvalue weighted by Crippen LogP contribution is -1.96. The Kier molecular flexibility index (Phi) is 5.80. The van der Waals surface area contributed by atoms with Gasteiger partial charge in [0.2, 0.25) is 0 Å². The number of benzene rings is 1. The fraction of sp³-hybridized carbons (Fsp3) is 0.267. The Labute approximate surface area is 103 Å². The third-order valence-corrected chi connectivity index (χ3v) is 2.16. The number of nitrogens with zero attached hydrogens (tertiary/aromatic N) is 1. The van der Waals surface area contributed by atoms with E-state index >= 15 is 0 Å². The van der Waals surface area contributed by atoms with Gasteiger partial charge >= 0.3 is 0 Å². The normalized spacial score (nSPS) is 12.5. The molecule has 0 saturated heterocycles. The Morgan fingerprint density at radius 1 is 1.24 bits per heavy atom. The molecule has 0 fully saturated rings. The monoisotopic (exact) mass is 229 g/mol. The summed E-state index contributed by atoms with van der Waals surface area (Å²) in [5, 5.41) is 0. The Morgan fingerprint density at radius 3 is 2.47 bits per heavy atom. The fourth-order valence-electron chi connectivity index (χ4n) is 1.32. The van der Waals surface area contributed by atoms with Crippen molar-refractivity contribution in [3.05, 3.63) is 47.7 Å². The first-order chi connectivity index (χ1) is 8.30. The maximum Gasteiger partial charge on any atom is 0.140 e. The SMILES string of the molecule is C/C=C/c1ccc(O/C(C=NCC)=C/C)cc1. The van der Waals surface area contributed by atoms with Gasteiger partial charge in [0.05, 0.1) is 6.21 Å². The van der Waals surface area contributed by atoms with Gasteiger partial charge < -0.3 is 4.74 Å². The van der Waals surface area contributed by atoms with E-state index in [-0.39, 0.29) is 0 Å². The number of rotatable bonds is 5. The maximum atomic E-state index is 5.69. The molecule has 0 N–H and O–H groups in total. The molecule has 0 amide bonds. The number of ether oxygens (including phenoxy) is 1. The van der Waals surface area contributed by atoms with Crippen LogP contribution in [-0.4, -0.2) is 12.8 Å². The Balaban J connectivity index is 2.71. The first-order valence-electron chi connectivity index (χ1n) is 5.87. The van der Waals surface area contributed by atoms with E-state index in [0.29, 0.717) is 0 Å². The first-order valence-corrected chi connectivity index (χ1v) is 5.87. The standard InChI is InChI=1S/C15H19NO/c1-4-7-13-8-10-15(11-9-13)17-14(5-2)12-16-6-3/h4-5,7-12H,6H2,1-3H3/b7-4+,14-5+,16-12?. The van der Waals surface area contributed by atoms with Crippen molar-refractivity contribution in [2.45, 2.75) is 20.8 Å². The number of hydrogen-bond acceptors (Lipinski definition) is 2. The zero-order valence-electron chi connectivity index (χ0n) is 10.7. The van der Waals surface area contributed by atoms with Crippen LogP contribution in [0.2, 0.25) is 0 Å². The lowest BCUT2D eigenvalue weighted by molar-refractivity contribution is 0.456. The number of aliphatic imine (C=N–C) groups is 1. The van der Waals surface area contributed by atoms with E-state index in [2.05, 4.69) is 11.1 Å². The van der Waals surface area contributed by atoms with Crippen LogP contribution in [0.3, 0.4) is 0 Å². The molecule has 1 aromatic rings. The summed E-state index contributed by atoms with van der Waals surface area (Å²) < 4.78 is 5.69. The van der Waals surface area contributed by atoms with Gasteiger partial charge in [0, 0.05) is 6.54 Å². The summed E-state index contributed by atoms with van der Waals surface area (Å²) >= 11 is 0. The largest absolute Gasteiger partial charge is 0.456 e. The molecular weight excluding hydrogens is 210 g/mol. The lowest BCUT2D eigenvalue weighted by Gasteiger charge is -2.05. The van der Waals surface area contributed by atoms with Crippen LogP contribution in [0.15, 0.2) is 47.2 Å². The molecule has 17 heavy (non-hydrogen) atoms. The summed E-state index contributed by atoms with van der Waals surface area (Å²) in [7, 11) is 0. The van der Waals surface area contributed by atoms with Gasteiger partial charge in [-0.1, -0.05) is 24.3 Å². The number of hydrogen-bond donors (Lipinski definition) is 0. The highest BCUT2D eigenvalue weighted by atomic mass is 16.5. The second kappa shape index (κ2) is 7.44. The van der Waals surface area contributed by atoms with Crippen molar-refractivity contribution in [3.8, 4) is 5.75 Å². The smallest absolute Gasteiger partial charge is 0.140 e. The van der Waals surface area contributed by atoms with Crippen LogP contribution in [0.1, 0.15) is 26.3 Å². The average molecular weight is 229 g/mol. The summed E-state index contributed by atoms with van der Waals surface area (Å²) in [5.41, 5.74) is 1.17. The van der Waals surface area contributed by atoms with Crippen LogP contribution >= 0.6 is 0 Å². The van der Waals surface area contributed by atoms with E-state index in [9.17, 15) is 0 Å². The molecule has 1 rings (SSSR count). The molecule has 0 radical (unpaired) electrons. The van der Waals surface area contributed by atoms with E-state index in [4.69, 9.17) is 4.74 Å². The molecule has 2 heteroatoms. The van der Waals surface area contributed by atoms with Gasteiger partial charge in [0.15, 0.2) is 0 Å². The van der Waals surface area contributed by atoms with E-state index in [1.165, 1.54) is 5.56 Å². The predicted octanol–water partition coefficient (Wildman–Crippen LogP) is 4.09. The van der Waals surface area contributed by atoms with Crippen LogP contribution in [0.5, 0.6) is 5.75 Å². The third-order valence-electron chi connectivity index (χ3n) is 2.16. The van der Waals surface area contributed by atoms with Gasteiger partial charge in [-0.3, -0.25) is 4.99 Å². The molecule has 1 aromatic carbocycles. The van der Waals surface area contributed by atoms with Gasteiger partial charge in [0.25, 0.3) is 0 Å². The zero-order chi connectivity index (χ0) is 12.5. The molecule has 0 aliphatic heterocycles. The van der Waals surface area contributed by atoms with E-state index < -0.39 is 0 Å². The second-order valence-electron chi connectivity index (χ2n) is 3.49. The van der Waals surface area contributed by atoms with Crippen LogP contribution in [0.25, 0.3) is 6.08 Å². The van der Waals surface area contributed by atoms with Gasteiger partial charge in [-0.25, -0.2) is 0 Å². The molecule has 0 bridgehead atoms. The molecule has 0 aromatic heterocycles. The van der Waals surface area contributed by atoms with Crippen molar-refractivity contribution in [1.29, 1.82) is 0 Å². The first kappa shape index (κ1) is 13.2. The minimum Gasteiger partial charge on any atom is -0.456 e. The molecule has 2 nitrogen and oxygen atoms in total. The van der Waals surface area contributed by atoms with Crippen molar-refractivity contribution in [3.63, 3.8) is 0 Å². The van der Waals surface area contributed by atoms with Gasteiger partial charge in [0.1, 0.15) is 11.5 Å². The molecular formula is C15H19NO. The Hall–Kier alpha value is -1.83. The highest BCUT2D eigenvalue weighted by Gasteiger charge is 1.96. The minimum atomic E-state index is 0.765. The van der Waals surface area contributed by atoms with E-state index in [1.54, 1.807) is 6.21 Å². The summed E-state index contributed by atoms with van der Waals surface area (Å²) in [5.74, 6) is 1.60. The molecule has 0 saturated carbocycles. The molecule has 0 atom stereocenters. The highest BCUT2D eigenvalue weighted by molar-refractivity contribution is 5.76. The molecule has 0 heterocycles. The molecule has 0 aliphatic rings. The zero-order valence-corrected chi connectivity index (χ0v) is 10.7. The van der Waals surface area contributed by atoms with E-state index in [1.807, 2.05) is 57.2 Å². The fourth-order valence-corrected chi connectivity index (χ4v) is 1.32. The topological polar surface area (TPSA) is 21.6 Å². The van der Waals surface area contributed by atoms with Crippen molar-refractivity contribution in [1.82, 2.24) is 0 Å². The summed E-state index contributed by atoms with van der Waals surface area (Å²) in [6.07, 6.45) is 7.72. The summed E-state index contributed by atoms with van der Waals surface area (Å²) in [6.45, 7) is 6.70. The van der Waals surface area contributed by atoms with Crippen LogP contribution in [0, 0.1) is 0 Å². The van der Waals surface area contributed by atoms with Crippen molar-refractivity contribution in [2.75, 3.05) is 6.54 Å². The molecule has 0 unspecified atom stereocenters. The second-order valence-corrected chi connectivity index (χ2v) is 3.49. The average Bonchev–Trinajstić information content (AvgIpc) is 2.37. The predicted molar refractivity (Wildman–Crippen MR) is 74.6 cm³/mol. The van der Waals surface area contributed by atoms with Crippen molar-refractivity contribution < 1.29 is 4.74 Å². The van der Waals surface area contributed by atoms with Crippen molar-refractivity contribution >= 4 is 12.3 Å².